The number of pyridine rings is 1. The van der Waals surface area contributed by atoms with Crippen molar-refractivity contribution < 1.29 is 125 Å². The molecule has 0 bridgehead atoms. The fourth-order valence-corrected chi connectivity index (χ4v) is 15.2. The third-order valence-corrected chi connectivity index (χ3v) is 26.2. The molecule has 5 aliphatic rings. The number of amides is 6. The lowest BCUT2D eigenvalue weighted by atomic mass is 9.83. The van der Waals surface area contributed by atoms with E-state index < -0.39 is 191 Å². The summed E-state index contributed by atoms with van der Waals surface area (Å²) in [5.41, 5.74) is 3.60. The van der Waals surface area contributed by atoms with Crippen LogP contribution in [-0.4, -0.2) is 225 Å². The first-order valence-corrected chi connectivity index (χ1v) is 44.2. The Kier molecular flexibility index (Phi) is 33.0. The average Bonchev–Trinajstić information content (AvgIpc) is 1.38. The minimum Gasteiger partial charge on any atom is -0.445 e. The number of ether oxygens (including phenoxy) is 15. The molecule has 124 heavy (non-hydrogen) atoms. The van der Waals surface area contributed by atoms with Gasteiger partial charge in [0.05, 0.1) is 31.9 Å². The van der Waals surface area contributed by atoms with Gasteiger partial charge in [-0.1, -0.05) is 203 Å². The fraction of sp³-hybridized carbons (Fsp3) is 0.472. The molecule has 11 N–H and O–H groups in total. The van der Waals surface area contributed by atoms with Crippen molar-refractivity contribution in [2.45, 2.75) is 234 Å². The molecule has 12 rings (SSSR count). The zero-order valence-electron chi connectivity index (χ0n) is 70.3. The number of alkyl carbamates (subject to hydrolysis) is 5. The first kappa shape index (κ1) is 92.9. The molecule has 34 nitrogen and oxygen atoms in total. The van der Waals surface area contributed by atoms with E-state index in [1.54, 1.807) is 209 Å². The molecular weight excluding hydrogens is 1630 g/mol. The number of aliphatic hydroxyl groups is 4. The molecular formula is C89H112N8O26Si. The Morgan fingerprint density at radius 2 is 0.944 bits per heavy atom. The summed E-state index contributed by atoms with van der Waals surface area (Å²) in [6, 6.07) is 50.1. The first-order valence-electron chi connectivity index (χ1n) is 41.3. The Labute approximate surface area is 720 Å². The van der Waals surface area contributed by atoms with Crippen LogP contribution in [0.5, 0.6) is 0 Å². The molecule has 6 amide bonds. The Morgan fingerprint density at radius 1 is 0.476 bits per heavy atom. The number of rotatable bonds is 33. The van der Waals surface area contributed by atoms with Crippen molar-refractivity contribution in [3.05, 3.63) is 239 Å². The summed E-state index contributed by atoms with van der Waals surface area (Å²) in [6.07, 6.45) is -30.7. The molecule has 20 atom stereocenters. The number of nitrogens with one attached hydrogen (secondary N) is 7. The predicted octanol–water partition coefficient (Wildman–Crippen LogP) is 9.32. The van der Waals surface area contributed by atoms with E-state index in [2.05, 4.69) is 42.2 Å². The van der Waals surface area contributed by atoms with Gasteiger partial charge in [-0.25, -0.2) is 33.8 Å². The summed E-state index contributed by atoms with van der Waals surface area (Å²) in [5.74, 6) is 0.201. The maximum atomic E-state index is 14.8. The van der Waals surface area contributed by atoms with Crippen LogP contribution in [0.4, 0.5) is 34.6 Å². The van der Waals surface area contributed by atoms with E-state index in [9.17, 15) is 49.2 Å². The van der Waals surface area contributed by atoms with Gasteiger partial charge < -0.3 is 128 Å². The predicted molar refractivity (Wildman–Crippen MR) is 447 cm³/mol. The minimum atomic E-state index is -2.87. The number of benzene rings is 6. The second kappa shape index (κ2) is 44.0. The van der Waals surface area contributed by atoms with E-state index in [0.717, 1.165) is 0 Å². The van der Waals surface area contributed by atoms with E-state index in [0.29, 0.717) is 38.9 Å². The summed E-state index contributed by atoms with van der Waals surface area (Å²) >= 11 is 0. The van der Waals surface area contributed by atoms with E-state index in [-0.39, 0.29) is 71.8 Å². The quantitative estimate of drug-likeness (QED) is 0.0104. The third-order valence-electron chi connectivity index (χ3n) is 21.7. The van der Waals surface area contributed by atoms with Crippen LogP contribution in [0.25, 0.3) is 0 Å². The molecule has 5 heterocycles. The molecule has 7 aromatic rings. The zero-order chi connectivity index (χ0) is 87.9. The molecule has 4 saturated heterocycles. The van der Waals surface area contributed by atoms with Crippen molar-refractivity contribution in [2.75, 3.05) is 38.2 Å². The van der Waals surface area contributed by atoms with Gasteiger partial charge in [-0.2, -0.15) is 0 Å². The molecule has 1 saturated carbocycles. The van der Waals surface area contributed by atoms with Crippen LogP contribution in [-0.2, 0) is 115 Å². The third kappa shape index (κ3) is 26.6. The van der Waals surface area contributed by atoms with Gasteiger partial charge in [0.25, 0.3) is 0 Å². The molecule has 1 unspecified atom stereocenters. The molecule has 668 valence electrons. The number of nitrogens with zero attached hydrogens (tertiary/aromatic N) is 1. The number of hydrogen-bond donors (Lipinski definition) is 11. The van der Waals surface area contributed by atoms with Crippen LogP contribution in [0.1, 0.15) is 93.2 Å². The van der Waals surface area contributed by atoms with Crippen LogP contribution >= 0.6 is 0 Å². The summed E-state index contributed by atoms with van der Waals surface area (Å²) in [4.78, 5) is 88.6. The summed E-state index contributed by atoms with van der Waals surface area (Å²) in [7, 11) is -2.87. The Bertz CT molecular complexity index is 4520. The summed E-state index contributed by atoms with van der Waals surface area (Å²) in [5, 5.41) is 70.3. The molecule has 5 fully saturated rings. The Balaban J connectivity index is 0.943. The lowest BCUT2D eigenvalue weighted by Gasteiger charge is -2.51. The van der Waals surface area contributed by atoms with Gasteiger partial charge in [0, 0.05) is 31.4 Å². The van der Waals surface area contributed by atoms with E-state index >= 15 is 0 Å². The molecule has 6 aromatic carbocycles. The van der Waals surface area contributed by atoms with Gasteiger partial charge in [-0.3, -0.25) is 5.32 Å². The second-order valence-electron chi connectivity index (χ2n) is 33.1. The average molecular weight is 1740 g/mol. The molecule has 0 radical (unpaired) electrons. The topological polar surface area (TPSA) is 428 Å². The molecule has 1 aliphatic carbocycles. The highest BCUT2D eigenvalue weighted by Gasteiger charge is 2.59. The van der Waals surface area contributed by atoms with Gasteiger partial charge in [0.2, 0.25) is 0 Å². The van der Waals surface area contributed by atoms with Crippen molar-refractivity contribution in [2.24, 2.45) is 0 Å². The van der Waals surface area contributed by atoms with Crippen molar-refractivity contribution in [1.82, 2.24) is 36.9 Å². The minimum absolute atomic E-state index is 0.0335. The van der Waals surface area contributed by atoms with E-state index in [1.807, 2.05) is 39.9 Å². The van der Waals surface area contributed by atoms with Crippen LogP contribution in [0.2, 0.25) is 18.1 Å². The Morgan fingerprint density at radius 3 is 1.47 bits per heavy atom. The fourth-order valence-electron chi connectivity index (χ4n) is 14.2. The monoisotopic (exact) mass is 1740 g/mol. The smallest absolute Gasteiger partial charge is 0.413 e. The number of aromatic nitrogens is 1. The lowest BCUT2D eigenvalue weighted by molar-refractivity contribution is -0.358. The van der Waals surface area contributed by atoms with Gasteiger partial charge in [0.1, 0.15) is 130 Å². The second-order valence-corrected chi connectivity index (χ2v) is 37.9. The number of fused-ring (bicyclic) bond motifs is 1. The number of anilines is 1. The summed E-state index contributed by atoms with van der Waals surface area (Å²) in [6.45, 7) is 13.1. The highest BCUT2D eigenvalue weighted by Crippen LogP contribution is 2.42. The highest BCUT2D eigenvalue weighted by atomic mass is 28.4. The van der Waals surface area contributed by atoms with Crippen LogP contribution in [0.15, 0.2) is 200 Å². The maximum absolute atomic E-state index is 14.8. The molecule has 0 spiro atoms. The van der Waals surface area contributed by atoms with Gasteiger partial charge in [-0.15, -0.1) is 0 Å². The number of aliphatic hydroxyl groups excluding tert-OH is 4. The van der Waals surface area contributed by atoms with Crippen molar-refractivity contribution >= 4 is 50.7 Å². The highest BCUT2D eigenvalue weighted by molar-refractivity contribution is 6.74. The zero-order valence-corrected chi connectivity index (χ0v) is 71.3. The molecule has 35 heteroatoms. The van der Waals surface area contributed by atoms with Crippen molar-refractivity contribution in [3.8, 4) is 0 Å². The van der Waals surface area contributed by atoms with Crippen LogP contribution < -0.4 is 37.2 Å². The molecule has 4 aliphatic heterocycles. The van der Waals surface area contributed by atoms with Crippen LogP contribution in [0, 0.1) is 0 Å². The SMILES string of the molecule is CC(C)(C)OC(=O)Nc1cc(CNCCO[C@H]2[C@H](O[C@@H]3[C@@H](O)[C@H](NC(=O)OCc4ccccc4)C[C@H](NC(=O)OCc4ccccc4)[C@H]3O[C@H]3O[C@@H]4COC(c5ccccc5)O[C@H]4[C@H](O)[C@H]3NC(=O)OCc3ccccc3)O[C@H](CO[Si](C)(C)C(C)(C)C)[C@H]2O[C@H]2O[C@@H](CNC(=O)OCc3ccccc3)[C@@H](O)[C@H](O)[C@H]2NC(=O)OCc2ccccc2)ccn1. The van der Waals surface area contributed by atoms with Gasteiger partial charge in [-0.05, 0) is 90.8 Å². The lowest BCUT2D eigenvalue weighted by Crippen LogP contribution is -2.71. The van der Waals surface area contributed by atoms with Crippen molar-refractivity contribution in [1.29, 1.82) is 0 Å². The maximum Gasteiger partial charge on any atom is 0.413 e. The Hall–Kier alpha value is -10.3. The molecule has 1 aromatic heterocycles. The largest absolute Gasteiger partial charge is 0.445 e. The number of carbonyl (C=O) groups is 6. The first-order chi connectivity index (χ1) is 59.6. The summed E-state index contributed by atoms with van der Waals surface area (Å²) < 4.78 is 103. The van der Waals surface area contributed by atoms with Crippen LogP contribution in [0.3, 0.4) is 0 Å². The van der Waals surface area contributed by atoms with Gasteiger partial charge in [0.15, 0.2) is 33.5 Å². The van der Waals surface area contributed by atoms with Gasteiger partial charge >= 0.3 is 36.6 Å². The van der Waals surface area contributed by atoms with Crippen molar-refractivity contribution in [3.63, 3.8) is 0 Å². The van der Waals surface area contributed by atoms with E-state index in [4.69, 9.17) is 75.5 Å². The number of hydrogen-bond acceptors (Lipinski definition) is 28. The number of carbonyl (C=O) groups excluding carboxylic acids is 6. The standard InChI is InChI=1S/C89H112N8O26Si/c1-88(2,3)123-87(107)95-66-43-59(39-40-91-66)45-90-41-42-108-77-75(121-79-67(96-85(105)113-50-57-33-21-12-22-34-57)71(100)70(99)63(116-79)46-92-82(102)110-47-54-27-15-9-16-28-54)65(53-115-124(7,8)89(4,5)6)118-81(77)122-76-69(98)61(93-83(103)111-48-55-29-17-10-18-30-55)44-62(94-84(104)112-49-56-31-19-11-20-32-56)73(76)119-80-68(97-86(106)114-51-58-35-23-13-24-36-58)72(101)74-64(117-80)52-109-78(120-74)60-37-25-14-26-38-60/h9-40,43,61-65,67-81,90,98-101H,41-42,44-53H2,1-8H3,(H,92,102)(H,93,103)(H,94,104)(H,96,105)(H,97,106)(H,91,95,107)/t61-,62+,63+,64-,65-,67-,68-,69+,70-,71-,72-,73-,74-,75-,76-,77-,78?,79-,80-,81+/m1/s1. The normalized spacial score (nSPS) is 26.9. The van der Waals surface area contributed by atoms with E-state index in [1.165, 1.54) is 6.20 Å².